The smallest absolute Gasteiger partial charge is 0.105 e. The fraction of sp³-hybridized carbons (Fsp3) is 0.933. The summed E-state index contributed by atoms with van der Waals surface area (Å²) in [5.74, 6) is 1.64. The van der Waals surface area contributed by atoms with E-state index in [0.717, 1.165) is 18.3 Å². The summed E-state index contributed by atoms with van der Waals surface area (Å²) in [4.78, 5) is 0. The predicted molar refractivity (Wildman–Crippen MR) is 276 cm³/mol. The minimum Gasteiger partial charge on any atom is -0.360 e. The van der Waals surface area contributed by atoms with Crippen molar-refractivity contribution < 1.29 is 4.74 Å². The van der Waals surface area contributed by atoms with E-state index in [1.165, 1.54) is 302 Å². The van der Waals surface area contributed by atoms with Crippen molar-refractivity contribution >= 4 is 0 Å². The van der Waals surface area contributed by atoms with Crippen molar-refractivity contribution in [3.05, 3.63) is 23.8 Å². The van der Waals surface area contributed by atoms with E-state index in [-0.39, 0.29) is 11.7 Å². The molecule has 1 heterocycles. The van der Waals surface area contributed by atoms with Crippen LogP contribution in [0, 0.1) is 11.8 Å². The molecule has 0 aromatic rings. The summed E-state index contributed by atoms with van der Waals surface area (Å²) in [7, 11) is 0. The van der Waals surface area contributed by atoms with Gasteiger partial charge in [-0.3, -0.25) is 0 Å². The Hall–Kier alpha value is -0.560. The first kappa shape index (κ1) is 56.6. The van der Waals surface area contributed by atoms with Crippen LogP contribution < -0.4 is 0 Å². The summed E-state index contributed by atoms with van der Waals surface area (Å²) in [5, 5.41) is 0. The van der Waals surface area contributed by atoms with E-state index in [1.54, 1.807) is 5.57 Å². The molecule has 1 heteroatoms. The molecule has 3 atom stereocenters. The molecule has 0 aromatic heterocycles. The maximum Gasteiger partial charge on any atom is 0.105 e. The minimum absolute atomic E-state index is 0.154. The van der Waals surface area contributed by atoms with E-state index in [9.17, 15) is 0 Å². The lowest BCUT2D eigenvalue weighted by Gasteiger charge is -2.27. The summed E-state index contributed by atoms with van der Waals surface area (Å²) in [6.45, 7) is 9.54. The summed E-state index contributed by atoms with van der Waals surface area (Å²) in [6, 6.07) is 0. The van der Waals surface area contributed by atoms with Gasteiger partial charge in [-0.1, -0.05) is 320 Å². The topological polar surface area (TPSA) is 9.23 Å². The van der Waals surface area contributed by atoms with Crippen molar-refractivity contribution in [2.45, 2.75) is 348 Å². The molecule has 0 saturated heterocycles. The molecular formula is C60H114O. The Bertz CT molecular complexity index is 960. The Kier molecular flexibility index (Phi) is 39.0. The first-order valence-electron chi connectivity index (χ1n) is 29.1. The van der Waals surface area contributed by atoms with Gasteiger partial charge in [0.1, 0.15) is 5.60 Å². The molecule has 1 aliphatic carbocycles. The third kappa shape index (κ3) is 35.4. The van der Waals surface area contributed by atoms with Crippen LogP contribution in [0.3, 0.4) is 0 Å². The van der Waals surface area contributed by atoms with Crippen LogP contribution in [-0.2, 0) is 4.74 Å². The van der Waals surface area contributed by atoms with Gasteiger partial charge >= 0.3 is 0 Å². The lowest BCUT2D eigenvalue weighted by Crippen LogP contribution is -2.27. The Morgan fingerprint density at radius 2 is 0.656 bits per heavy atom. The highest BCUT2D eigenvalue weighted by atomic mass is 16.5. The van der Waals surface area contributed by atoms with Crippen molar-refractivity contribution in [1.29, 1.82) is 0 Å². The molecule has 61 heavy (non-hydrogen) atoms. The van der Waals surface area contributed by atoms with Crippen LogP contribution in [0.15, 0.2) is 23.8 Å². The molecule has 0 amide bonds. The van der Waals surface area contributed by atoms with Gasteiger partial charge in [-0.25, -0.2) is 0 Å². The highest BCUT2D eigenvalue weighted by Gasteiger charge is 2.31. The number of allylic oxidation sites excluding steroid dienone is 1. The second-order valence-corrected chi connectivity index (χ2v) is 21.8. The Morgan fingerprint density at radius 3 is 0.902 bits per heavy atom. The quantitative estimate of drug-likeness (QED) is 0.239. The van der Waals surface area contributed by atoms with Gasteiger partial charge in [-0.2, -0.15) is 0 Å². The molecule has 1 spiro atoms. The molecule has 1 aliphatic heterocycles. The Balaban J connectivity index is 1.63. The van der Waals surface area contributed by atoms with E-state index < -0.39 is 0 Å². The fourth-order valence-corrected chi connectivity index (χ4v) is 11.0. The van der Waals surface area contributed by atoms with E-state index >= 15 is 0 Å². The van der Waals surface area contributed by atoms with Crippen LogP contribution in [0.4, 0.5) is 0 Å². The number of ether oxygens (including phenoxy) is 1. The fourth-order valence-electron chi connectivity index (χ4n) is 11.0. The third-order valence-corrected chi connectivity index (χ3v) is 15.3. The molecule has 1 nitrogen and oxygen atoms in total. The van der Waals surface area contributed by atoms with Gasteiger partial charge in [0, 0.05) is 0 Å². The molecule has 0 radical (unpaired) electrons. The highest BCUT2D eigenvalue weighted by molar-refractivity contribution is 5.23. The lowest BCUT2D eigenvalue weighted by molar-refractivity contribution is 0.0102. The minimum atomic E-state index is -0.154. The van der Waals surface area contributed by atoms with E-state index in [1.807, 2.05) is 0 Å². The zero-order valence-corrected chi connectivity index (χ0v) is 42.8. The average molecular weight is 852 g/mol. The number of rotatable bonds is 1. The van der Waals surface area contributed by atoms with Crippen LogP contribution in [-0.4, -0.2) is 11.7 Å². The maximum atomic E-state index is 6.61. The van der Waals surface area contributed by atoms with Crippen LogP contribution >= 0.6 is 0 Å². The first-order chi connectivity index (χ1) is 30.0. The van der Waals surface area contributed by atoms with Crippen LogP contribution in [0.2, 0.25) is 0 Å². The average Bonchev–Trinajstić information content (AvgIpc) is 3.61. The largest absolute Gasteiger partial charge is 0.360 e. The van der Waals surface area contributed by atoms with Gasteiger partial charge in [-0.05, 0) is 51.4 Å². The van der Waals surface area contributed by atoms with Crippen molar-refractivity contribution in [1.82, 2.24) is 0 Å². The standard InChI is InChI=1S/C60H114O/c1-56(2)59-49-47-45-43-41-39-37-35-33-31-29-27-25-23-21-19-17-15-13-11-9-7-5-6-8-10-12-14-16-18-20-22-24-26-28-30-32-34-36-38-40-42-44-46-48-53-60(54-52-58(4)61-60)55-57(3)50-51-59/h52,54-56,58-59H,5-51,53H2,1-4H3. The zero-order valence-electron chi connectivity index (χ0n) is 42.8. The van der Waals surface area contributed by atoms with Crippen molar-refractivity contribution in [3.63, 3.8) is 0 Å². The molecule has 2 aliphatic rings. The lowest BCUT2D eigenvalue weighted by atomic mass is 9.84. The Labute approximate surface area is 386 Å². The van der Waals surface area contributed by atoms with Crippen molar-refractivity contribution in [2.75, 3.05) is 0 Å². The predicted octanol–water partition coefficient (Wildman–Crippen LogP) is 21.7. The zero-order chi connectivity index (χ0) is 43.6. The number of hydrogen-bond donors (Lipinski definition) is 0. The molecule has 360 valence electrons. The summed E-state index contributed by atoms with van der Waals surface area (Å²) >= 11 is 0. The van der Waals surface area contributed by atoms with Gasteiger partial charge in [0.05, 0.1) is 6.10 Å². The highest BCUT2D eigenvalue weighted by Crippen LogP contribution is 2.34. The second kappa shape index (κ2) is 42.1. The molecule has 2 rings (SSSR count). The van der Waals surface area contributed by atoms with E-state index in [0.29, 0.717) is 0 Å². The van der Waals surface area contributed by atoms with Crippen LogP contribution in [0.25, 0.3) is 0 Å². The van der Waals surface area contributed by atoms with Crippen LogP contribution in [0.5, 0.6) is 0 Å². The SMILES string of the molecule is CC1=CC2(C=CC(C)O2)CCCCCCCCCCCCCCCCCCCCCCCCCCCCCCCCCCCCCCCCCCCCCCC(C(C)C)CC1. The normalized spacial score (nSPS) is 28.0. The van der Waals surface area contributed by atoms with Gasteiger partial charge in [0.2, 0.25) is 0 Å². The third-order valence-electron chi connectivity index (χ3n) is 15.3. The van der Waals surface area contributed by atoms with Gasteiger partial charge in [-0.15, -0.1) is 0 Å². The van der Waals surface area contributed by atoms with Crippen LogP contribution in [0.1, 0.15) is 336 Å². The second-order valence-electron chi connectivity index (χ2n) is 21.8. The van der Waals surface area contributed by atoms with Gasteiger partial charge in [0.15, 0.2) is 0 Å². The molecule has 0 saturated carbocycles. The Morgan fingerprint density at radius 1 is 0.393 bits per heavy atom. The molecule has 3 unspecified atom stereocenters. The molecule has 0 aromatic carbocycles. The van der Waals surface area contributed by atoms with Gasteiger partial charge in [0.25, 0.3) is 0 Å². The van der Waals surface area contributed by atoms with Crippen molar-refractivity contribution in [2.24, 2.45) is 11.8 Å². The van der Waals surface area contributed by atoms with Gasteiger partial charge < -0.3 is 4.74 Å². The molecule has 0 N–H and O–H groups in total. The maximum absolute atomic E-state index is 6.61. The molecule has 0 bridgehead atoms. The summed E-state index contributed by atoms with van der Waals surface area (Å²) < 4.78 is 6.61. The van der Waals surface area contributed by atoms with E-state index in [4.69, 9.17) is 4.74 Å². The van der Waals surface area contributed by atoms with Crippen molar-refractivity contribution in [3.8, 4) is 0 Å². The summed E-state index contributed by atoms with van der Waals surface area (Å²) in [5.41, 5.74) is 1.39. The van der Waals surface area contributed by atoms with E-state index in [2.05, 4.69) is 45.9 Å². The molecule has 0 fully saturated rings. The monoisotopic (exact) mass is 851 g/mol. The first-order valence-corrected chi connectivity index (χ1v) is 29.1. The number of hydrogen-bond acceptors (Lipinski definition) is 1. The summed E-state index contributed by atoms with van der Waals surface area (Å²) in [6.07, 6.45) is 77.2. The molecular weight excluding hydrogens is 737 g/mol.